The highest BCUT2D eigenvalue weighted by Crippen LogP contribution is 2.50. The molecule has 10 rings (SSSR count). The van der Waals surface area contributed by atoms with Crippen molar-refractivity contribution in [3.05, 3.63) is 153 Å². The van der Waals surface area contributed by atoms with E-state index in [1.54, 1.807) is 0 Å². The van der Waals surface area contributed by atoms with Crippen molar-refractivity contribution in [1.29, 1.82) is 0 Å². The zero-order valence-corrected chi connectivity index (χ0v) is 37.7. The second-order valence-electron chi connectivity index (χ2n) is 20.0. The number of hydrogen-bond acceptors (Lipinski definition) is 4. The van der Waals surface area contributed by atoms with Gasteiger partial charge in [0.2, 0.25) is 5.90 Å². The van der Waals surface area contributed by atoms with Crippen LogP contribution in [0.15, 0.2) is 102 Å². The summed E-state index contributed by atoms with van der Waals surface area (Å²) in [6.07, 6.45) is 8.05. The summed E-state index contributed by atoms with van der Waals surface area (Å²) in [5.74, 6) is 3.79. The number of pyridine rings is 1. The van der Waals surface area contributed by atoms with Gasteiger partial charge in [-0.1, -0.05) is 108 Å². The van der Waals surface area contributed by atoms with Gasteiger partial charge in [0.25, 0.3) is 0 Å². The van der Waals surface area contributed by atoms with E-state index >= 15 is 0 Å². The molecule has 5 nitrogen and oxygen atoms in total. The van der Waals surface area contributed by atoms with Gasteiger partial charge in [0.1, 0.15) is 23.4 Å². The van der Waals surface area contributed by atoms with Crippen LogP contribution in [0.5, 0.6) is 11.5 Å². The number of benzene rings is 5. The van der Waals surface area contributed by atoms with Crippen molar-refractivity contribution < 1.29 is 9.47 Å². The Morgan fingerprint density at radius 1 is 0.738 bits per heavy atom. The predicted octanol–water partition coefficient (Wildman–Crippen LogP) is 14.6. The van der Waals surface area contributed by atoms with E-state index in [9.17, 15) is 0 Å². The maximum absolute atomic E-state index is 7.17. The Morgan fingerprint density at radius 2 is 1.46 bits per heavy atom. The van der Waals surface area contributed by atoms with E-state index in [0.29, 0.717) is 11.8 Å². The van der Waals surface area contributed by atoms with Crippen LogP contribution in [0.4, 0.5) is 0 Å². The number of ether oxygens (including phenoxy) is 2. The fraction of sp³-hybridized carbons (Fsp3) is 0.357. The molecule has 1 aliphatic carbocycles. The second kappa shape index (κ2) is 14.5. The molecule has 0 bridgehead atoms. The molecule has 310 valence electrons. The van der Waals surface area contributed by atoms with Gasteiger partial charge in [-0.15, -0.1) is 0 Å². The highest BCUT2D eigenvalue weighted by atomic mass is 16.5. The van der Waals surface area contributed by atoms with Crippen molar-refractivity contribution in [2.75, 3.05) is 0 Å². The molecule has 0 spiro atoms. The van der Waals surface area contributed by atoms with Gasteiger partial charge in [-0.2, -0.15) is 0 Å². The van der Waals surface area contributed by atoms with Gasteiger partial charge in [-0.05, 0) is 145 Å². The first-order valence-corrected chi connectivity index (χ1v) is 22.5. The molecule has 1 fully saturated rings. The molecule has 2 aromatic heterocycles. The molecule has 0 amide bonds. The maximum Gasteiger partial charge on any atom is 0.217 e. The summed E-state index contributed by atoms with van der Waals surface area (Å²) in [4.78, 5) is 10.6. The highest BCUT2D eigenvalue weighted by Gasteiger charge is 2.40. The molecule has 1 saturated carbocycles. The van der Waals surface area contributed by atoms with Crippen molar-refractivity contribution in [3.8, 4) is 28.4 Å². The van der Waals surface area contributed by atoms with E-state index in [-0.39, 0.29) is 23.0 Å². The fourth-order valence-corrected chi connectivity index (χ4v) is 11.1. The van der Waals surface area contributed by atoms with E-state index in [4.69, 9.17) is 19.5 Å². The van der Waals surface area contributed by atoms with Gasteiger partial charge < -0.3 is 9.47 Å². The lowest BCUT2D eigenvalue weighted by molar-refractivity contribution is 0.150. The van der Waals surface area contributed by atoms with Crippen LogP contribution >= 0.6 is 0 Å². The van der Waals surface area contributed by atoms with Crippen molar-refractivity contribution >= 4 is 27.7 Å². The summed E-state index contributed by atoms with van der Waals surface area (Å²) < 4.78 is 16.6. The van der Waals surface area contributed by atoms with E-state index in [1.807, 2.05) is 6.20 Å². The summed E-state index contributed by atoms with van der Waals surface area (Å²) in [6.45, 7) is 22.7. The Bertz CT molecular complexity index is 2900. The third-order valence-corrected chi connectivity index (χ3v) is 14.1. The van der Waals surface area contributed by atoms with Gasteiger partial charge >= 0.3 is 0 Å². The number of aromatic nitrogens is 2. The summed E-state index contributed by atoms with van der Waals surface area (Å²) in [7, 11) is 0. The number of hydrogen-bond donors (Lipinski definition) is 0. The van der Waals surface area contributed by atoms with E-state index < -0.39 is 0 Å². The summed E-state index contributed by atoms with van der Waals surface area (Å²) in [6, 6.07) is 33.6. The van der Waals surface area contributed by atoms with Crippen LogP contribution in [0.2, 0.25) is 0 Å². The third-order valence-electron chi connectivity index (χ3n) is 14.1. The smallest absolute Gasteiger partial charge is 0.217 e. The molecule has 0 radical (unpaired) electrons. The molecule has 5 aromatic carbocycles. The standard InChI is InChI=1S/C56H59N3O2/c1-32-23-35(4)48(36(5)24-32)39-26-40(54-58-50(37-17-13-11-14-18-37)52(61-54)38-19-15-12-16-20-38)28-42(27-39)60-47-31-46-43(25-34(47)3)44-29-41(55(6,7)8)30-45-51(44)59(46)53-49(56(45,9)10)33(2)21-22-57-53/h12,15-16,19-31,37,50,52H,11,13-14,17-18H2,1-10H3/t50-,52-/m1/s1. The number of nitrogens with zero attached hydrogens (tertiary/aromatic N) is 3. The van der Waals surface area contributed by atoms with Crippen molar-refractivity contribution in [1.82, 2.24) is 9.55 Å². The molecular formula is C56H59N3O2. The SMILES string of the molecule is Cc1cc(C)c(-c2cc(Oc3cc4c(cc3C)c3cc(C(C)(C)C)cc5c3n4-c3nccc(C)c3C5(C)C)cc(C3=N[C@H](C4CCCCC4)[C@@H](c4ccccc4)O3)c2)c(C)c1. The first-order valence-electron chi connectivity index (χ1n) is 22.5. The summed E-state index contributed by atoms with van der Waals surface area (Å²) in [5.41, 5.74) is 16.6. The maximum atomic E-state index is 7.17. The van der Waals surface area contributed by atoms with Gasteiger partial charge in [-0.3, -0.25) is 4.57 Å². The van der Waals surface area contributed by atoms with Crippen molar-refractivity contribution in [2.24, 2.45) is 10.9 Å². The minimum atomic E-state index is -0.227. The van der Waals surface area contributed by atoms with E-state index in [2.05, 4.69) is 165 Å². The minimum absolute atomic E-state index is 0.0146. The van der Waals surface area contributed by atoms with Crippen LogP contribution in [0.3, 0.4) is 0 Å². The van der Waals surface area contributed by atoms with Gasteiger partial charge in [0.05, 0.1) is 17.1 Å². The van der Waals surface area contributed by atoms with E-state index in [0.717, 1.165) is 39.5 Å². The molecule has 0 unspecified atom stereocenters. The molecule has 4 heterocycles. The Morgan fingerprint density at radius 3 is 2.18 bits per heavy atom. The molecule has 3 aliphatic rings. The number of rotatable bonds is 6. The topological polar surface area (TPSA) is 48.6 Å². The molecule has 5 heteroatoms. The van der Waals surface area contributed by atoms with Gasteiger partial charge in [-0.25, -0.2) is 9.98 Å². The minimum Gasteiger partial charge on any atom is -0.467 e. The second-order valence-corrected chi connectivity index (χ2v) is 20.0. The number of aliphatic imine (C=N–C) groups is 1. The monoisotopic (exact) mass is 805 g/mol. The van der Waals surface area contributed by atoms with Crippen LogP contribution in [-0.2, 0) is 15.6 Å². The van der Waals surface area contributed by atoms with Gasteiger partial charge in [0.15, 0.2) is 0 Å². The highest BCUT2D eigenvalue weighted by molar-refractivity contribution is 6.12. The first kappa shape index (κ1) is 39.5. The average molecular weight is 806 g/mol. The largest absolute Gasteiger partial charge is 0.467 e. The Kier molecular flexibility index (Phi) is 9.36. The van der Waals surface area contributed by atoms with Crippen LogP contribution in [0, 0.1) is 40.5 Å². The van der Waals surface area contributed by atoms with Crippen LogP contribution < -0.4 is 4.74 Å². The van der Waals surface area contributed by atoms with Crippen LogP contribution in [0.25, 0.3) is 38.8 Å². The van der Waals surface area contributed by atoms with Crippen molar-refractivity contribution in [3.63, 3.8) is 0 Å². The average Bonchev–Trinajstić information content (AvgIpc) is 3.80. The quantitative estimate of drug-likeness (QED) is 0.168. The molecular weight excluding hydrogens is 747 g/mol. The number of fused-ring (bicyclic) bond motifs is 5. The molecule has 2 atom stereocenters. The predicted molar refractivity (Wildman–Crippen MR) is 252 cm³/mol. The molecule has 0 N–H and O–H groups in total. The fourth-order valence-electron chi connectivity index (χ4n) is 11.1. The first-order chi connectivity index (χ1) is 29.2. The lowest BCUT2D eigenvalue weighted by Gasteiger charge is -2.36. The summed E-state index contributed by atoms with van der Waals surface area (Å²) in [5, 5.41) is 2.48. The van der Waals surface area contributed by atoms with Crippen LogP contribution in [-0.4, -0.2) is 21.5 Å². The molecule has 61 heavy (non-hydrogen) atoms. The zero-order valence-electron chi connectivity index (χ0n) is 37.7. The van der Waals surface area contributed by atoms with Crippen molar-refractivity contribution in [2.45, 2.75) is 124 Å². The van der Waals surface area contributed by atoms with Gasteiger partial charge in [0, 0.05) is 39.6 Å². The molecule has 0 saturated heterocycles. The zero-order chi connectivity index (χ0) is 42.5. The molecule has 7 aromatic rings. The van der Waals surface area contributed by atoms with E-state index in [1.165, 1.54) is 98.5 Å². The molecule has 2 aliphatic heterocycles. The normalized spacial score (nSPS) is 18.6. The number of aryl methyl sites for hydroxylation is 5. The summed E-state index contributed by atoms with van der Waals surface area (Å²) >= 11 is 0. The lowest BCUT2D eigenvalue weighted by Crippen LogP contribution is -2.29. The van der Waals surface area contributed by atoms with Crippen LogP contribution in [0.1, 0.15) is 128 Å². The Labute approximate surface area is 361 Å². The Hall–Kier alpha value is -5.68. The lowest BCUT2D eigenvalue weighted by atomic mass is 9.72. The Balaban J connectivity index is 1.15. The third kappa shape index (κ3) is 6.58.